The molecule has 106 valence electrons. The molecule has 1 saturated heterocycles. The van der Waals surface area contributed by atoms with Gasteiger partial charge in [0.25, 0.3) is 0 Å². The van der Waals surface area contributed by atoms with Crippen molar-refractivity contribution in [1.29, 1.82) is 0 Å². The van der Waals surface area contributed by atoms with E-state index in [2.05, 4.69) is 12.1 Å². The highest BCUT2D eigenvalue weighted by molar-refractivity contribution is 5.81. The third-order valence-electron chi connectivity index (χ3n) is 4.75. The SMILES string of the molecule is O=C1CC(c2ccccc2)C2Cc3ccc(F)cc3CN12. The van der Waals surface area contributed by atoms with Crippen LogP contribution in [0.25, 0.3) is 0 Å². The molecule has 21 heavy (non-hydrogen) atoms. The van der Waals surface area contributed by atoms with Crippen LogP contribution >= 0.6 is 0 Å². The van der Waals surface area contributed by atoms with Crippen LogP contribution in [0, 0.1) is 5.82 Å². The largest absolute Gasteiger partial charge is 0.334 e. The third kappa shape index (κ3) is 2.04. The molecule has 2 nitrogen and oxygen atoms in total. The molecule has 0 bridgehead atoms. The number of carbonyl (C=O) groups excluding carboxylic acids is 1. The molecule has 2 aromatic rings. The van der Waals surface area contributed by atoms with E-state index in [9.17, 15) is 9.18 Å². The lowest BCUT2D eigenvalue weighted by Crippen LogP contribution is -2.39. The quantitative estimate of drug-likeness (QED) is 0.785. The third-order valence-corrected chi connectivity index (χ3v) is 4.75. The molecule has 0 aliphatic carbocycles. The van der Waals surface area contributed by atoms with E-state index < -0.39 is 0 Å². The van der Waals surface area contributed by atoms with Gasteiger partial charge in [0.2, 0.25) is 5.91 Å². The Balaban J connectivity index is 1.71. The summed E-state index contributed by atoms with van der Waals surface area (Å²) in [5.74, 6) is 0.208. The molecule has 0 saturated carbocycles. The molecule has 2 aliphatic rings. The van der Waals surface area contributed by atoms with Gasteiger partial charge in [-0.2, -0.15) is 0 Å². The van der Waals surface area contributed by atoms with Crippen molar-refractivity contribution in [3.63, 3.8) is 0 Å². The lowest BCUT2D eigenvalue weighted by molar-refractivity contribution is -0.129. The Morgan fingerprint density at radius 3 is 2.62 bits per heavy atom. The summed E-state index contributed by atoms with van der Waals surface area (Å²) in [5, 5.41) is 0. The number of amides is 1. The summed E-state index contributed by atoms with van der Waals surface area (Å²) in [5.41, 5.74) is 3.35. The number of halogens is 1. The summed E-state index contributed by atoms with van der Waals surface area (Å²) in [6.45, 7) is 0.542. The lowest BCUT2D eigenvalue weighted by Gasteiger charge is -2.34. The summed E-state index contributed by atoms with van der Waals surface area (Å²) < 4.78 is 13.4. The molecule has 3 heteroatoms. The highest BCUT2D eigenvalue weighted by atomic mass is 19.1. The molecule has 0 N–H and O–H groups in total. The van der Waals surface area contributed by atoms with Crippen LogP contribution in [-0.2, 0) is 17.8 Å². The van der Waals surface area contributed by atoms with Crippen molar-refractivity contribution in [1.82, 2.24) is 4.90 Å². The predicted molar refractivity (Wildman–Crippen MR) is 78.2 cm³/mol. The molecule has 0 radical (unpaired) electrons. The summed E-state index contributed by atoms with van der Waals surface area (Å²) in [4.78, 5) is 14.2. The molecule has 2 atom stereocenters. The maximum Gasteiger partial charge on any atom is 0.223 e. The monoisotopic (exact) mass is 281 g/mol. The van der Waals surface area contributed by atoms with Crippen molar-refractivity contribution in [2.75, 3.05) is 0 Å². The van der Waals surface area contributed by atoms with Gasteiger partial charge in [-0.05, 0) is 35.2 Å². The Labute approximate surface area is 123 Å². The summed E-state index contributed by atoms with van der Waals surface area (Å²) in [6.07, 6.45) is 1.38. The minimum absolute atomic E-state index is 0.184. The van der Waals surface area contributed by atoms with Gasteiger partial charge in [-0.25, -0.2) is 4.39 Å². The number of hydrogen-bond donors (Lipinski definition) is 0. The predicted octanol–water partition coefficient (Wildman–Crippen LogP) is 3.27. The average Bonchev–Trinajstić information content (AvgIpc) is 2.83. The smallest absolute Gasteiger partial charge is 0.223 e. The molecule has 4 rings (SSSR count). The molecule has 1 fully saturated rings. The van der Waals surface area contributed by atoms with Gasteiger partial charge >= 0.3 is 0 Å². The molecule has 2 aromatic carbocycles. The fourth-order valence-electron chi connectivity index (χ4n) is 3.69. The topological polar surface area (TPSA) is 20.3 Å². The van der Waals surface area contributed by atoms with E-state index in [1.54, 1.807) is 6.07 Å². The van der Waals surface area contributed by atoms with Gasteiger partial charge in [0.05, 0.1) is 0 Å². The molecular formula is C18H16FNO. The normalized spacial score (nSPS) is 23.9. The Hall–Kier alpha value is -2.16. The Kier molecular flexibility index (Phi) is 2.81. The van der Waals surface area contributed by atoms with Crippen LogP contribution in [0.1, 0.15) is 29.0 Å². The van der Waals surface area contributed by atoms with Crippen molar-refractivity contribution >= 4 is 5.91 Å². The minimum atomic E-state index is -0.224. The fraction of sp³-hybridized carbons (Fsp3) is 0.278. The van der Waals surface area contributed by atoms with Gasteiger partial charge in [-0.3, -0.25) is 4.79 Å². The van der Waals surface area contributed by atoms with Crippen molar-refractivity contribution in [3.8, 4) is 0 Å². The first-order chi connectivity index (χ1) is 10.2. The number of rotatable bonds is 1. The van der Waals surface area contributed by atoms with Crippen LogP contribution in [0.15, 0.2) is 48.5 Å². The number of hydrogen-bond acceptors (Lipinski definition) is 1. The van der Waals surface area contributed by atoms with E-state index >= 15 is 0 Å². The van der Waals surface area contributed by atoms with Gasteiger partial charge in [-0.1, -0.05) is 36.4 Å². The number of fused-ring (bicyclic) bond motifs is 2. The van der Waals surface area contributed by atoms with E-state index in [1.165, 1.54) is 17.2 Å². The van der Waals surface area contributed by atoms with Gasteiger partial charge in [0.1, 0.15) is 5.82 Å². The van der Waals surface area contributed by atoms with E-state index in [0.29, 0.717) is 13.0 Å². The fourth-order valence-corrected chi connectivity index (χ4v) is 3.69. The van der Waals surface area contributed by atoms with Gasteiger partial charge in [0, 0.05) is 24.9 Å². The Bertz CT molecular complexity index is 698. The molecule has 2 heterocycles. The summed E-state index contributed by atoms with van der Waals surface area (Å²) >= 11 is 0. The maximum atomic E-state index is 13.4. The lowest BCUT2D eigenvalue weighted by atomic mass is 9.85. The second-order valence-corrected chi connectivity index (χ2v) is 5.93. The van der Waals surface area contributed by atoms with Crippen molar-refractivity contribution < 1.29 is 9.18 Å². The zero-order valence-corrected chi connectivity index (χ0v) is 11.6. The molecule has 1 amide bonds. The Morgan fingerprint density at radius 2 is 1.81 bits per heavy atom. The van der Waals surface area contributed by atoms with Gasteiger partial charge < -0.3 is 4.90 Å². The second kappa shape index (κ2) is 4.69. The van der Waals surface area contributed by atoms with Crippen LogP contribution in [0.4, 0.5) is 4.39 Å². The molecule has 2 unspecified atom stereocenters. The van der Waals surface area contributed by atoms with Crippen molar-refractivity contribution in [2.45, 2.75) is 31.3 Å². The Morgan fingerprint density at radius 1 is 1.00 bits per heavy atom. The first-order valence-corrected chi connectivity index (χ1v) is 7.34. The van der Waals surface area contributed by atoms with Crippen LogP contribution in [0.2, 0.25) is 0 Å². The second-order valence-electron chi connectivity index (χ2n) is 5.93. The van der Waals surface area contributed by atoms with Gasteiger partial charge in [0.15, 0.2) is 0 Å². The first-order valence-electron chi connectivity index (χ1n) is 7.34. The summed E-state index contributed by atoms with van der Waals surface area (Å²) in [7, 11) is 0. The van der Waals surface area contributed by atoms with E-state index in [1.807, 2.05) is 29.2 Å². The average molecular weight is 281 g/mol. The zero-order valence-electron chi connectivity index (χ0n) is 11.6. The highest BCUT2D eigenvalue weighted by Crippen LogP contribution is 2.40. The molecule has 0 spiro atoms. The summed E-state index contributed by atoms with van der Waals surface area (Å²) in [6, 6.07) is 15.4. The van der Waals surface area contributed by atoms with Crippen molar-refractivity contribution in [2.24, 2.45) is 0 Å². The first kappa shape index (κ1) is 12.6. The number of benzene rings is 2. The molecule has 2 aliphatic heterocycles. The van der Waals surface area contributed by atoms with E-state index in [0.717, 1.165) is 12.0 Å². The van der Waals surface area contributed by atoms with E-state index in [-0.39, 0.29) is 23.7 Å². The zero-order chi connectivity index (χ0) is 14.4. The molecular weight excluding hydrogens is 265 g/mol. The van der Waals surface area contributed by atoms with E-state index in [4.69, 9.17) is 0 Å². The maximum absolute atomic E-state index is 13.4. The van der Waals surface area contributed by atoms with Crippen molar-refractivity contribution in [3.05, 3.63) is 71.0 Å². The van der Waals surface area contributed by atoms with Crippen LogP contribution in [0.3, 0.4) is 0 Å². The van der Waals surface area contributed by atoms with Gasteiger partial charge in [-0.15, -0.1) is 0 Å². The van der Waals surface area contributed by atoms with Crippen LogP contribution in [0.5, 0.6) is 0 Å². The molecule has 0 aromatic heterocycles. The number of nitrogens with zero attached hydrogens (tertiary/aromatic N) is 1. The standard InChI is InChI=1S/C18H16FNO/c19-15-7-6-13-9-17-16(12-4-2-1-3-5-12)10-18(21)20(17)11-14(13)8-15/h1-8,16-17H,9-11H2. The van der Waals surface area contributed by atoms with Crippen LogP contribution < -0.4 is 0 Å². The van der Waals surface area contributed by atoms with Crippen LogP contribution in [-0.4, -0.2) is 16.8 Å². The number of carbonyl (C=O) groups is 1. The minimum Gasteiger partial charge on any atom is -0.334 e. The highest BCUT2D eigenvalue weighted by Gasteiger charge is 2.42.